The SMILES string of the molecule is CCCCCCCCCCCCCCC(=O)O[C@H](COC(=O)CCCCCCCCCCC)COC(=O)CCCCCCCCC(C)C. The molecule has 0 bridgehead atoms. The number of unbranched alkanes of at least 4 members (excludes halogenated alkanes) is 24. The molecule has 0 fully saturated rings. The van der Waals surface area contributed by atoms with Crippen molar-refractivity contribution in [2.45, 2.75) is 233 Å². The summed E-state index contributed by atoms with van der Waals surface area (Å²) < 4.78 is 16.6. The second-order valence-electron chi connectivity index (χ2n) is 14.7. The summed E-state index contributed by atoms with van der Waals surface area (Å²) in [6.45, 7) is 8.89. The van der Waals surface area contributed by atoms with Crippen LogP contribution in [0.2, 0.25) is 0 Å². The standard InChI is InChI=1S/C42H80O6/c1-5-7-9-11-13-15-16-17-19-21-27-31-35-42(45)48-39(36-46-40(43)33-29-25-20-18-14-12-10-8-6-2)37-47-41(44)34-30-26-23-22-24-28-32-38(3)4/h38-39H,5-37H2,1-4H3/t39-/m1/s1. The Bertz CT molecular complexity index is 721. The van der Waals surface area contributed by atoms with Crippen LogP contribution >= 0.6 is 0 Å². The lowest BCUT2D eigenvalue weighted by atomic mass is 10.0. The molecule has 0 aliphatic carbocycles. The lowest BCUT2D eigenvalue weighted by molar-refractivity contribution is -0.167. The molecule has 0 N–H and O–H groups in total. The van der Waals surface area contributed by atoms with Crippen molar-refractivity contribution in [2.24, 2.45) is 5.92 Å². The van der Waals surface area contributed by atoms with Gasteiger partial charge in [0.2, 0.25) is 0 Å². The minimum atomic E-state index is -0.758. The van der Waals surface area contributed by atoms with Gasteiger partial charge in [-0.3, -0.25) is 14.4 Å². The van der Waals surface area contributed by atoms with E-state index in [2.05, 4.69) is 27.7 Å². The first-order valence-corrected chi connectivity index (χ1v) is 20.9. The second kappa shape index (κ2) is 36.7. The Labute approximate surface area is 298 Å². The molecule has 0 aromatic rings. The first kappa shape index (κ1) is 46.4. The van der Waals surface area contributed by atoms with Crippen LogP contribution in [-0.4, -0.2) is 37.2 Å². The van der Waals surface area contributed by atoms with Gasteiger partial charge in [-0.2, -0.15) is 0 Å². The van der Waals surface area contributed by atoms with E-state index < -0.39 is 6.10 Å². The maximum absolute atomic E-state index is 12.6. The molecule has 0 amide bonds. The largest absolute Gasteiger partial charge is 0.462 e. The molecule has 0 saturated carbocycles. The number of carbonyl (C=O) groups excluding carboxylic acids is 3. The van der Waals surface area contributed by atoms with E-state index in [9.17, 15) is 14.4 Å². The van der Waals surface area contributed by atoms with E-state index in [-0.39, 0.29) is 31.1 Å². The molecule has 0 saturated heterocycles. The minimum absolute atomic E-state index is 0.0654. The third-order valence-corrected chi connectivity index (χ3v) is 9.29. The molecule has 0 aromatic carbocycles. The maximum Gasteiger partial charge on any atom is 0.306 e. The molecule has 0 rings (SSSR count). The maximum atomic E-state index is 12.6. The Hall–Kier alpha value is -1.59. The number of carbonyl (C=O) groups is 3. The molecule has 0 unspecified atom stereocenters. The van der Waals surface area contributed by atoms with E-state index in [0.29, 0.717) is 19.3 Å². The predicted molar refractivity (Wildman–Crippen MR) is 201 cm³/mol. The van der Waals surface area contributed by atoms with E-state index in [4.69, 9.17) is 14.2 Å². The van der Waals surface area contributed by atoms with E-state index in [0.717, 1.165) is 63.7 Å². The molecule has 0 aliphatic rings. The van der Waals surface area contributed by atoms with Gasteiger partial charge in [0.25, 0.3) is 0 Å². The molecular weight excluding hydrogens is 600 g/mol. The first-order chi connectivity index (χ1) is 23.4. The molecule has 0 heterocycles. The van der Waals surface area contributed by atoms with Crippen LogP contribution in [0.1, 0.15) is 227 Å². The van der Waals surface area contributed by atoms with E-state index >= 15 is 0 Å². The van der Waals surface area contributed by atoms with Gasteiger partial charge in [-0.25, -0.2) is 0 Å². The van der Waals surface area contributed by atoms with Crippen molar-refractivity contribution in [1.29, 1.82) is 0 Å². The lowest BCUT2D eigenvalue weighted by Gasteiger charge is -2.18. The highest BCUT2D eigenvalue weighted by atomic mass is 16.6. The summed E-state index contributed by atoms with van der Waals surface area (Å²) in [5.41, 5.74) is 0. The van der Waals surface area contributed by atoms with Crippen LogP contribution < -0.4 is 0 Å². The van der Waals surface area contributed by atoms with Crippen molar-refractivity contribution in [3.63, 3.8) is 0 Å². The highest BCUT2D eigenvalue weighted by Crippen LogP contribution is 2.15. The Morgan fingerprint density at radius 3 is 1.02 bits per heavy atom. The zero-order valence-electron chi connectivity index (χ0n) is 32.4. The van der Waals surface area contributed by atoms with E-state index in [1.165, 1.54) is 122 Å². The monoisotopic (exact) mass is 681 g/mol. The Morgan fingerprint density at radius 1 is 0.396 bits per heavy atom. The zero-order chi connectivity index (χ0) is 35.3. The lowest BCUT2D eigenvalue weighted by Crippen LogP contribution is -2.30. The number of hydrogen-bond acceptors (Lipinski definition) is 6. The molecule has 284 valence electrons. The van der Waals surface area contributed by atoms with Gasteiger partial charge in [-0.15, -0.1) is 0 Å². The summed E-state index contributed by atoms with van der Waals surface area (Å²) in [6.07, 6.45) is 33.8. The number of esters is 3. The van der Waals surface area contributed by atoms with Crippen molar-refractivity contribution in [2.75, 3.05) is 13.2 Å². The molecule has 1 atom stereocenters. The molecule has 48 heavy (non-hydrogen) atoms. The van der Waals surface area contributed by atoms with Crippen molar-refractivity contribution in [3.8, 4) is 0 Å². The molecule has 0 aromatic heterocycles. The van der Waals surface area contributed by atoms with Crippen molar-refractivity contribution < 1.29 is 28.6 Å². The summed E-state index contributed by atoms with van der Waals surface area (Å²) in [4.78, 5) is 37.4. The molecule has 6 heteroatoms. The van der Waals surface area contributed by atoms with Crippen molar-refractivity contribution >= 4 is 17.9 Å². The highest BCUT2D eigenvalue weighted by Gasteiger charge is 2.19. The summed E-state index contributed by atoms with van der Waals surface area (Å²) >= 11 is 0. The van der Waals surface area contributed by atoms with Gasteiger partial charge in [-0.05, 0) is 25.2 Å². The third kappa shape index (κ3) is 35.7. The highest BCUT2D eigenvalue weighted by molar-refractivity contribution is 5.71. The van der Waals surface area contributed by atoms with Crippen LogP contribution in [0, 0.1) is 5.92 Å². The number of hydrogen-bond donors (Lipinski definition) is 0. The molecule has 0 radical (unpaired) electrons. The molecule has 0 spiro atoms. The van der Waals surface area contributed by atoms with Crippen molar-refractivity contribution in [1.82, 2.24) is 0 Å². The van der Waals surface area contributed by atoms with Crippen molar-refractivity contribution in [3.05, 3.63) is 0 Å². The molecular formula is C42H80O6. The summed E-state index contributed by atoms with van der Waals surface area (Å²) in [7, 11) is 0. The van der Waals surface area contributed by atoms with Crippen LogP contribution in [0.25, 0.3) is 0 Å². The number of rotatable bonds is 37. The third-order valence-electron chi connectivity index (χ3n) is 9.29. The Morgan fingerprint density at radius 2 is 0.688 bits per heavy atom. The van der Waals surface area contributed by atoms with E-state index in [1.807, 2.05) is 0 Å². The Kier molecular flexibility index (Phi) is 35.5. The first-order valence-electron chi connectivity index (χ1n) is 20.9. The normalized spacial score (nSPS) is 11.9. The van der Waals surface area contributed by atoms with Gasteiger partial charge >= 0.3 is 17.9 Å². The van der Waals surface area contributed by atoms with Crippen LogP contribution in [0.15, 0.2) is 0 Å². The fraction of sp³-hybridized carbons (Fsp3) is 0.929. The topological polar surface area (TPSA) is 78.9 Å². The van der Waals surface area contributed by atoms with Gasteiger partial charge in [0.1, 0.15) is 13.2 Å². The van der Waals surface area contributed by atoms with Gasteiger partial charge in [0.15, 0.2) is 6.10 Å². The van der Waals surface area contributed by atoms with Gasteiger partial charge in [0.05, 0.1) is 0 Å². The van der Waals surface area contributed by atoms with Gasteiger partial charge in [-0.1, -0.05) is 188 Å². The van der Waals surface area contributed by atoms with Gasteiger partial charge < -0.3 is 14.2 Å². The average Bonchev–Trinajstić information content (AvgIpc) is 3.06. The summed E-state index contributed by atoms with van der Waals surface area (Å²) in [6, 6.07) is 0. The van der Waals surface area contributed by atoms with Crippen LogP contribution in [0.5, 0.6) is 0 Å². The summed E-state index contributed by atoms with van der Waals surface area (Å²) in [5, 5.41) is 0. The minimum Gasteiger partial charge on any atom is -0.462 e. The van der Waals surface area contributed by atoms with Crippen LogP contribution in [0.3, 0.4) is 0 Å². The fourth-order valence-electron chi connectivity index (χ4n) is 6.10. The molecule has 0 aliphatic heterocycles. The predicted octanol–water partition coefficient (Wildman–Crippen LogP) is 12.8. The second-order valence-corrected chi connectivity index (χ2v) is 14.7. The number of ether oxygens (including phenoxy) is 3. The quantitative estimate of drug-likeness (QED) is 0.0369. The average molecular weight is 681 g/mol. The smallest absolute Gasteiger partial charge is 0.306 e. The molecule has 6 nitrogen and oxygen atoms in total. The zero-order valence-corrected chi connectivity index (χ0v) is 32.4. The Balaban J connectivity index is 4.34. The van der Waals surface area contributed by atoms with E-state index in [1.54, 1.807) is 0 Å². The van der Waals surface area contributed by atoms with Gasteiger partial charge in [0, 0.05) is 19.3 Å². The fourth-order valence-corrected chi connectivity index (χ4v) is 6.10. The summed E-state index contributed by atoms with van der Waals surface area (Å²) in [5.74, 6) is -0.103. The van der Waals surface area contributed by atoms with Crippen LogP contribution in [0.4, 0.5) is 0 Å². The van der Waals surface area contributed by atoms with Crippen LogP contribution in [-0.2, 0) is 28.6 Å².